The average Bonchev–Trinajstić information content (AvgIpc) is 2.15. The summed E-state index contributed by atoms with van der Waals surface area (Å²) in [6.07, 6.45) is -0.634. The van der Waals surface area contributed by atoms with Gasteiger partial charge in [0.25, 0.3) is 5.24 Å². The Balaban J connectivity index is 2.53. The number of halogens is 2. The Hall–Kier alpha value is -0.840. The maximum absolute atomic E-state index is 13.8. The van der Waals surface area contributed by atoms with Crippen molar-refractivity contribution in [3.8, 4) is 0 Å². The van der Waals surface area contributed by atoms with Gasteiger partial charge in [-0.25, -0.2) is 9.18 Å². The lowest BCUT2D eigenvalue weighted by atomic mass is 9.95. The Kier molecular flexibility index (Phi) is 4.02. The molecule has 17 heavy (non-hydrogen) atoms. The van der Waals surface area contributed by atoms with E-state index in [9.17, 15) is 14.0 Å². The molecule has 0 N–H and O–H groups in total. The number of piperidine rings is 1. The van der Waals surface area contributed by atoms with Crippen LogP contribution in [0.2, 0.25) is 0 Å². The van der Waals surface area contributed by atoms with Crippen LogP contribution in [0, 0.1) is 0 Å². The van der Waals surface area contributed by atoms with Crippen molar-refractivity contribution >= 4 is 22.9 Å². The van der Waals surface area contributed by atoms with Gasteiger partial charge in [-0.05, 0) is 32.4 Å². The zero-order valence-corrected chi connectivity index (χ0v) is 11.0. The third-order valence-electron chi connectivity index (χ3n) is 2.56. The van der Waals surface area contributed by atoms with Crippen LogP contribution in [-0.4, -0.2) is 40.6 Å². The summed E-state index contributed by atoms with van der Waals surface area (Å²) < 4.78 is 19.0. The normalized spacial score (nSPS) is 19.9. The quantitative estimate of drug-likeness (QED) is 0.685. The molecule has 0 spiro atoms. The molecule has 0 unspecified atom stereocenters. The van der Waals surface area contributed by atoms with Crippen LogP contribution in [0.4, 0.5) is 9.18 Å². The summed E-state index contributed by atoms with van der Waals surface area (Å²) in [6, 6.07) is 0. The van der Waals surface area contributed by atoms with Crippen molar-refractivity contribution in [2.45, 2.75) is 44.9 Å². The van der Waals surface area contributed by atoms with E-state index in [0.717, 1.165) is 0 Å². The maximum Gasteiger partial charge on any atom is 0.410 e. The second-order valence-corrected chi connectivity index (χ2v) is 5.55. The van der Waals surface area contributed by atoms with Crippen LogP contribution in [-0.2, 0) is 9.53 Å². The fraction of sp³-hybridized carbons (Fsp3) is 0.818. The van der Waals surface area contributed by atoms with Gasteiger partial charge in [-0.2, -0.15) is 0 Å². The van der Waals surface area contributed by atoms with Gasteiger partial charge in [0, 0.05) is 25.9 Å². The smallest absolute Gasteiger partial charge is 0.410 e. The van der Waals surface area contributed by atoms with Gasteiger partial charge in [0.1, 0.15) is 5.60 Å². The molecule has 0 aromatic carbocycles. The zero-order chi connectivity index (χ0) is 13.3. The predicted octanol–water partition coefficient (Wildman–Crippen LogP) is 2.49. The summed E-state index contributed by atoms with van der Waals surface area (Å²) in [4.78, 5) is 23.9. The van der Waals surface area contributed by atoms with Crippen LogP contribution in [0.1, 0.15) is 33.6 Å². The van der Waals surface area contributed by atoms with Gasteiger partial charge in [0.05, 0.1) is 0 Å². The number of likely N-dealkylation sites (tertiary alicyclic amines) is 1. The van der Waals surface area contributed by atoms with E-state index in [1.165, 1.54) is 4.90 Å². The van der Waals surface area contributed by atoms with E-state index >= 15 is 0 Å². The summed E-state index contributed by atoms with van der Waals surface area (Å²) in [5.41, 5.74) is -2.58. The molecule has 6 heteroatoms. The molecule has 98 valence electrons. The lowest BCUT2D eigenvalue weighted by molar-refractivity contribution is -0.125. The maximum atomic E-state index is 13.8. The number of rotatable bonds is 1. The summed E-state index contributed by atoms with van der Waals surface area (Å²) in [5.74, 6) is 0. The molecular formula is C11H17ClFNO3. The molecule has 0 aliphatic carbocycles. The first kappa shape index (κ1) is 14.2. The third kappa shape index (κ3) is 3.84. The summed E-state index contributed by atoms with van der Waals surface area (Å²) in [7, 11) is 0. The molecule has 1 fully saturated rings. The third-order valence-corrected chi connectivity index (χ3v) is 2.90. The van der Waals surface area contributed by atoms with Crippen LogP contribution in [0.3, 0.4) is 0 Å². The number of carbonyl (C=O) groups is 2. The van der Waals surface area contributed by atoms with Gasteiger partial charge in [0.15, 0.2) is 5.67 Å². The minimum Gasteiger partial charge on any atom is -0.444 e. The van der Waals surface area contributed by atoms with Crippen molar-refractivity contribution < 1.29 is 18.7 Å². The molecule has 1 amide bonds. The Morgan fingerprint density at radius 3 is 2.12 bits per heavy atom. The first-order chi connectivity index (χ1) is 7.64. The highest BCUT2D eigenvalue weighted by atomic mass is 35.5. The van der Waals surface area contributed by atoms with Crippen molar-refractivity contribution in [1.29, 1.82) is 0 Å². The number of hydrogen-bond acceptors (Lipinski definition) is 3. The summed E-state index contributed by atoms with van der Waals surface area (Å²) in [5, 5.41) is -0.985. The molecule has 0 saturated carbocycles. The van der Waals surface area contributed by atoms with E-state index in [-0.39, 0.29) is 25.9 Å². The van der Waals surface area contributed by atoms with Crippen LogP contribution in [0.25, 0.3) is 0 Å². The fourth-order valence-corrected chi connectivity index (χ4v) is 1.76. The summed E-state index contributed by atoms with van der Waals surface area (Å²) in [6.45, 7) is 5.57. The molecule has 4 nitrogen and oxygen atoms in total. The molecule has 0 radical (unpaired) electrons. The lowest BCUT2D eigenvalue weighted by Crippen LogP contribution is -2.48. The van der Waals surface area contributed by atoms with E-state index in [1.807, 2.05) is 0 Å². The molecule has 1 rings (SSSR count). The largest absolute Gasteiger partial charge is 0.444 e. The van der Waals surface area contributed by atoms with Crippen LogP contribution in [0.15, 0.2) is 0 Å². The predicted molar refractivity (Wildman–Crippen MR) is 61.7 cm³/mol. The lowest BCUT2D eigenvalue weighted by Gasteiger charge is -2.35. The number of ether oxygens (including phenoxy) is 1. The van der Waals surface area contributed by atoms with Crippen molar-refractivity contribution in [3.63, 3.8) is 0 Å². The minimum absolute atomic E-state index is 0.0748. The second-order valence-electron chi connectivity index (χ2n) is 5.21. The van der Waals surface area contributed by atoms with Crippen LogP contribution in [0.5, 0.6) is 0 Å². The standard InChI is InChI=1S/C11H17ClFNO3/c1-10(2,3)17-9(16)14-6-4-11(13,5-7-14)8(12)15/h4-7H2,1-3H3. The second kappa shape index (κ2) is 4.80. The van der Waals surface area contributed by atoms with Gasteiger partial charge in [-0.15, -0.1) is 0 Å². The molecule has 0 aromatic heterocycles. The Morgan fingerprint density at radius 2 is 1.76 bits per heavy atom. The van der Waals surface area contributed by atoms with Gasteiger partial charge < -0.3 is 9.64 Å². The molecule has 0 bridgehead atoms. The van der Waals surface area contributed by atoms with Gasteiger partial charge in [-0.1, -0.05) is 0 Å². The van der Waals surface area contributed by atoms with E-state index in [2.05, 4.69) is 0 Å². The highest BCUT2D eigenvalue weighted by Crippen LogP contribution is 2.29. The molecule has 0 atom stereocenters. The first-order valence-electron chi connectivity index (χ1n) is 5.51. The monoisotopic (exact) mass is 265 g/mol. The van der Waals surface area contributed by atoms with E-state index < -0.39 is 22.6 Å². The van der Waals surface area contributed by atoms with Gasteiger partial charge in [-0.3, -0.25) is 4.79 Å². The van der Waals surface area contributed by atoms with Crippen molar-refractivity contribution in [3.05, 3.63) is 0 Å². The molecule has 1 aliphatic rings. The number of amides is 1. The van der Waals surface area contributed by atoms with Crippen molar-refractivity contribution in [2.75, 3.05) is 13.1 Å². The average molecular weight is 266 g/mol. The van der Waals surface area contributed by atoms with Gasteiger partial charge in [0.2, 0.25) is 0 Å². The first-order valence-corrected chi connectivity index (χ1v) is 5.89. The van der Waals surface area contributed by atoms with Gasteiger partial charge >= 0.3 is 6.09 Å². The number of hydrogen-bond donors (Lipinski definition) is 0. The summed E-state index contributed by atoms with van der Waals surface area (Å²) >= 11 is 5.18. The van der Waals surface area contributed by atoms with E-state index in [0.29, 0.717) is 0 Å². The molecule has 0 aromatic rings. The zero-order valence-electron chi connectivity index (χ0n) is 10.3. The highest BCUT2D eigenvalue weighted by molar-refractivity contribution is 6.65. The number of carbonyl (C=O) groups excluding carboxylic acids is 2. The highest BCUT2D eigenvalue weighted by Gasteiger charge is 2.42. The van der Waals surface area contributed by atoms with E-state index in [4.69, 9.17) is 16.3 Å². The number of nitrogens with zero attached hydrogens (tertiary/aromatic N) is 1. The van der Waals surface area contributed by atoms with Crippen LogP contribution >= 0.6 is 11.6 Å². The molecule has 1 heterocycles. The van der Waals surface area contributed by atoms with Crippen molar-refractivity contribution in [1.82, 2.24) is 4.90 Å². The Morgan fingerprint density at radius 1 is 1.29 bits per heavy atom. The molecule has 1 aliphatic heterocycles. The Bertz CT molecular complexity index is 319. The number of alkyl halides is 1. The van der Waals surface area contributed by atoms with E-state index in [1.54, 1.807) is 20.8 Å². The molecule has 1 saturated heterocycles. The molecular weight excluding hydrogens is 249 g/mol. The fourth-order valence-electron chi connectivity index (χ4n) is 1.57. The van der Waals surface area contributed by atoms with Crippen LogP contribution < -0.4 is 0 Å². The Labute approximate surface area is 105 Å². The SMILES string of the molecule is CC(C)(C)OC(=O)N1CCC(F)(C(=O)Cl)CC1. The minimum atomic E-state index is -2.00. The topological polar surface area (TPSA) is 46.6 Å². The van der Waals surface area contributed by atoms with Crippen molar-refractivity contribution in [2.24, 2.45) is 0 Å².